The number of hydrogen-bond donors (Lipinski definition) is 1. The van der Waals surface area contributed by atoms with Crippen molar-refractivity contribution < 1.29 is 23.5 Å². The summed E-state index contributed by atoms with van der Waals surface area (Å²) in [5.74, 6) is 0.366. The number of carbonyl (C=O) groups is 2. The van der Waals surface area contributed by atoms with Crippen LogP contribution in [0.1, 0.15) is 22.8 Å². The Morgan fingerprint density at radius 1 is 0.897 bits per heavy atom. The lowest BCUT2D eigenvalue weighted by Crippen LogP contribution is -2.20. The molecule has 1 amide bonds. The molecule has 0 heterocycles. The van der Waals surface area contributed by atoms with Crippen LogP contribution in [0.5, 0.6) is 11.5 Å². The monoisotopic (exact) mass is 393 g/mol. The zero-order valence-corrected chi connectivity index (χ0v) is 15.9. The fraction of sp³-hybridized carbons (Fsp3) is 0.130. The molecule has 1 N–H and O–H groups in total. The van der Waals surface area contributed by atoms with E-state index < -0.39 is 0 Å². The maximum absolute atomic E-state index is 13.2. The van der Waals surface area contributed by atoms with Gasteiger partial charge >= 0.3 is 0 Å². The summed E-state index contributed by atoms with van der Waals surface area (Å²) in [5.41, 5.74) is 1.85. The number of nitrogens with one attached hydrogen (secondary N) is 1. The third-order valence-corrected chi connectivity index (χ3v) is 4.04. The molecule has 6 heteroatoms. The highest BCUT2D eigenvalue weighted by molar-refractivity contribution is 5.94. The Morgan fingerprint density at radius 3 is 2.38 bits per heavy atom. The van der Waals surface area contributed by atoms with Gasteiger partial charge in [-0.2, -0.15) is 0 Å². The summed E-state index contributed by atoms with van der Waals surface area (Å²) in [7, 11) is 0. The average Bonchev–Trinajstić information content (AvgIpc) is 2.71. The van der Waals surface area contributed by atoms with Crippen molar-refractivity contribution in [2.45, 2.75) is 13.5 Å². The van der Waals surface area contributed by atoms with Crippen LogP contribution in [0.3, 0.4) is 0 Å². The first-order valence-corrected chi connectivity index (χ1v) is 9.00. The summed E-state index contributed by atoms with van der Waals surface area (Å²) < 4.78 is 24.3. The highest BCUT2D eigenvalue weighted by Crippen LogP contribution is 2.19. The van der Waals surface area contributed by atoms with Crippen molar-refractivity contribution in [3.05, 3.63) is 89.7 Å². The molecule has 0 aliphatic carbocycles. The molecule has 0 bridgehead atoms. The summed E-state index contributed by atoms with van der Waals surface area (Å²) in [6.07, 6.45) is 0. The molecule has 3 rings (SSSR count). The van der Waals surface area contributed by atoms with E-state index in [2.05, 4.69) is 5.32 Å². The number of anilines is 1. The van der Waals surface area contributed by atoms with Gasteiger partial charge in [-0.25, -0.2) is 4.39 Å². The normalized spacial score (nSPS) is 10.3. The fourth-order valence-electron chi connectivity index (χ4n) is 2.59. The topological polar surface area (TPSA) is 64.6 Å². The molecule has 0 radical (unpaired) electrons. The summed E-state index contributed by atoms with van der Waals surface area (Å²) in [5, 5.41) is 2.73. The smallest absolute Gasteiger partial charge is 0.262 e. The van der Waals surface area contributed by atoms with E-state index >= 15 is 0 Å². The summed E-state index contributed by atoms with van der Waals surface area (Å²) in [6, 6.07) is 19.7. The predicted molar refractivity (Wildman–Crippen MR) is 108 cm³/mol. The zero-order valence-electron chi connectivity index (χ0n) is 15.9. The van der Waals surface area contributed by atoms with Gasteiger partial charge in [0.2, 0.25) is 0 Å². The molecule has 0 aliphatic rings. The van der Waals surface area contributed by atoms with Crippen molar-refractivity contribution in [2.75, 3.05) is 11.9 Å². The van der Waals surface area contributed by atoms with Crippen LogP contribution in [0.2, 0.25) is 0 Å². The first-order valence-electron chi connectivity index (χ1n) is 9.00. The molecule has 0 atom stereocenters. The van der Waals surface area contributed by atoms with E-state index in [1.807, 2.05) is 0 Å². The number of ketones is 1. The van der Waals surface area contributed by atoms with E-state index in [4.69, 9.17) is 9.47 Å². The molecule has 0 spiro atoms. The van der Waals surface area contributed by atoms with Gasteiger partial charge in [-0.05, 0) is 61.0 Å². The number of Topliss-reactive ketones (excluding diaryl/α,β-unsaturated/α-hetero) is 1. The molecular formula is C23H20FNO4. The van der Waals surface area contributed by atoms with E-state index in [1.165, 1.54) is 19.1 Å². The van der Waals surface area contributed by atoms with E-state index in [1.54, 1.807) is 60.7 Å². The molecule has 29 heavy (non-hydrogen) atoms. The van der Waals surface area contributed by atoms with Crippen LogP contribution in [0.15, 0.2) is 72.8 Å². The van der Waals surface area contributed by atoms with Gasteiger partial charge in [-0.3, -0.25) is 9.59 Å². The molecule has 0 saturated carbocycles. The van der Waals surface area contributed by atoms with Crippen molar-refractivity contribution in [2.24, 2.45) is 0 Å². The molecule has 3 aromatic carbocycles. The van der Waals surface area contributed by atoms with Crippen LogP contribution >= 0.6 is 0 Å². The Kier molecular flexibility index (Phi) is 6.58. The van der Waals surface area contributed by atoms with Gasteiger partial charge in [0.15, 0.2) is 12.4 Å². The Labute approximate surface area is 168 Å². The lowest BCUT2D eigenvalue weighted by atomic mass is 10.1. The second kappa shape index (κ2) is 9.50. The Bertz CT molecular complexity index is 1000. The van der Waals surface area contributed by atoms with E-state index in [0.29, 0.717) is 28.3 Å². The maximum atomic E-state index is 13.2. The number of halogens is 1. The second-order valence-electron chi connectivity index (χ2n) is 6.36. The van der Waals surface area contributed by atoms with Crippen LogP contribution in [-0.2, 0) is 11.4 Å². The molecule has 148 valence electrons. The van der Waals surface area contributed by atoms with Gasteiger partial charge in [0.1, 0.15) is 23.9 Å². The Balaban J connectivity index is 1.51. The van der Waals surface area contributed by atoms with Gasteiger partial charge in [0, 0.05) is 17.3 Å². The summed E-state index contributed by atoms with van der Waals surface area (Å²) in [6.45, 7) is 1.53. The summed E-state index contributed by atoms with van der Waals surface area (Å²) in [4.78, 5) is 23.4. The number of benzene rings is 3. The van der Waals surface area contributed by atoms with Crippen molar-refractivity contribution in [3.63, 3.8) is 0 Å². The minimum atomic E-state index is -0.331. The largest absolute Gasteiger partial charge is 0.489 e. The Morgan fingerprint density at radius 2 is 1.66 bits per heavy atom. The number of rotatable bonds is 8. The number of amides is 1. The lowest BCUT2D eigenvalue weighted by Gasteiger charge is -2.10. The van der Waals surface area contributed by atoms with Crippen molar-refractivity contribution in [1.82, 2.24) is 0 Å². The zero-order chi connectivity index (χ0) is 20.6. The van der Waals surface area contributed by atoms with Crippen molar-refractivity contribution in [1.29, 1.82) is 0 Å². The first kappa shape index (κ1) is 20.1. The van der Waals surface area contributed by atoms with Crippen LogP contribution in [0.25, 0.3) is 0 Å². The van der Waals surface area contributed by atoms with Crippen LogP contribution in [0, 0.1) is 5.82 Å². The van der Waals surface area contributed by atoms with Gasteiger partial charge in [-0.1, -0.05) is 18.2 Å². The van der Waals surface area contributed by atoms with E-state index in [0.717, 1.165) is 0 Å². The van der Waals surface area contributed by atoms with Crippen molar-refractivity contribution >= 4 is 17.4 Å². The molecular weight excluding hydrogens is 373 g/mol. The van der Waals surface area contributed by atoms with Gasteiger partial charge < -0.3 is 14.8 Å². The molecule has 5 nitrogen and oxygen atoms in total. The standard InChI is InChI=1S/C23H20FNO4/c1-16(26)18-8-10-21(11-9-18)29-15-23(27)25-20-6-3-7-22(13-20)28-14-17-4-2-5-19(24)12-17/h2-13H,14-15H2,1H3,(H,25,27). The maximum Gasteiger partial charge on any atom is 0.262 e. The lowest BCUT2D eigenvalue weighted by molar-refractivity contribution is -0.118. The molecule has 0 unspecified atom stereocenters. The van der Waals surface area contributed by atoms with Gasteiger partial charge in [0.25, 0.3) is 5.91 Å². The van der Waals surface area contributed by atoms with Crippen LogP contribution in [0.4, 0.5) is 10.1 Å². The first-order chi connectivity index (χ1) is 14.0. The quantitative estimate of drug-likeness (QED) is 0.567. The third kappa shape index (κ3) is 6.17. The SMILES string of the molecule is CC(=O)c1ccc(OCC(=O)Nc2cccc(OCc3cccc(F)c3)c2)cc1. The van der Waals surface area contributed by atoms with Crippen LogP contribution in [-0.4, -0.2) is 18.3 Å². The minimum Gasteiger partial charge on any atom is -0.489 e. The van der Waals surface area contributed by atoms with Crippen LogP contribution < -0.4 is 14.8 Å². The molecule has 3 aromatic rings. The van der Waals surface area contributed by atoms with E-state index in [9.17, 15) is 14.0 Å². The van der Waals surface area contributed by atoms with Crippen molar-refractivity contribution in [3.8, 4) is 11.5 Å². The highest BCUT2D eigenvalue weighted by Gasteiger charge is 2.06. The summed E-state index contributed by atoms with van der Waals surface area (Å²) >= 11 is 0. The number of carbonyl (C=O) groups excluding carboxylic acids is 2. The molecule has 0 saturated heterocycles. The Hall–Kier alpha value is -3.67. The highest BCUT2D eigenvalue weighted by atomic mass is 19.1. The number of hydrogen-bond acceptors (Lipinski definition) is 4. The van der Waals surface area contributed by atoms with E-state index in [-0.39, 0.29) is 30.7 Å². The molecule has 0 aromatic heterocycles. The molecule has 0 aliphatic heterocycles. The van der Waals surface area contributed by atoms with Gasteiger partial charge in [-0.15, -0.1) is 0 Å². The predicted octanol–water partition coefficient (Wildman–Crippen LogP) is 4.62. The number of ether oxygens (including phenoxy) is 2. The van der Waals surface area contributed by atoms with Gasteiger partial charge in [0.05, 0.1) is 0 Å². The minimum absolute atomic E-state index is 0.0335. The average molecular weight is 393 g/mol. The second-order valence-corrected chi connectivity index (χ2v) is 6.36. The fourth-order valence-corrected chi connectivity index (χ4v) is 2.59. The third-order valence-electron chi connectivity index (χ3n) is 4.04. The molecule has 0 fully saturated rings.